The molecular weight excluding hydrogens is 292 g/mol. The second-order valence-electron chi connectivity index (χ2n) is 6.93. The first kappa shape index (κ1) is 17.0. The van der Waals surface area contributed by atoms with Crippen LogP contribution in [0.5, 0.6) is 0 Å². The highest BCUT2D eigenvalue weighted by Gasteiger charge is 2.21. The van der Waals surface area contributed by atoms with Crippen LogP contribution in [0.3, 0.4) is 0 Å². The first-order valence-corrected chi connectivity index (χ1v) is 7.68. The fourth-order valence-electron chi connectivity index (χ4n) is 2.47. The molecule has 1 heterocycles. The number of nitrogens with zero attached hydrogens (tertiary/aromatic N) is 3. The molecule has 0 radical (unpaired) electrons. The van der Waals surface area contributed by atoms with E-state index in [9.17, 15) is 10.1 Å². The molecule has 0 aliphatic rings. The lowest BCUT2D eigenvalue weighted by Gasteiger charge is -2.19. The molecule has 0 aliphatic heterocycles. The first-order valence-electron chi connectivity index (χ1n) is 7.68. The largest absolute Gasteiger partial charge is 0.373 e. The lowest BCUT2D eigenvalue weighted by atomic mass is 10.1. The maximum Gasteiger partial charge on any atom is 0.292 e. The van der Waals surface area contributed by atoms with E-state index >= 15 is 0 Å². The number of benzene rings is 1. The van der Waals surface area contributed by atoms with Crippen molar-refractivity contribution in [3.05, 3.63) is 51.3 Å². The Morgan fingerprint density at radius 2 is 1.96 bits per heavy atom. The summed E-state index contributed by atoms with van der Waals surface area (Å²) in [5.41, 5.74) is 3.35. The van der Waals surface area contributed by atoms with Crippen molar-refractivity contribution in [1.29, 1.82) is 0 Å². The van der Waals surface area contributed by atoms with Gasteiger partial charge in [-0.3, -0.25) is 14.8 Å². The fourth-order valence-corrected chi connectivity index (χ4v) is 2.47. The van der Waals surface area contributed by atoms with Crippen LogP contribution in [0.15, 0.2) is 24.4 Å². The third-order valence-electron chi connectivity index (χ3n) is 3.81. The van der Waals surface area contributed by atoms with Crippen molar-refractivity contribution in [2.45, 2.75) is 53.1 Å². The topological polar surface area (TPSA) is 73.0 Å². The third kappa shape index (κ3) is 3.70. The molecule has 23 heavy (non-hydrogen) atoms. The lowest BCUT2D eigenvalue weighted by molar-refractivity contribution is -0.384. The van der Waals surface area contributed by atoms with Crippen LogP contribution >= 0.6 is 0 Å². The number of nitro groups is 1. The van der Waals surface area contributed by atoms with Gasteiger partial charge in [-0.05, 0) is 53.2 Å². The van der Waals surface area contributed by atoms with E-state index in [2.05, 4.69) is 31.2 Å². The van der Waals surface area contributed by atoms with Crippen molar-refractivity contribution in [3.8, 4) is 0 Å². The first-order chi connectivity index (χ1) is 10.6. The van der Waals surface area contributed by atoms with Crippen molar-refractivity contribution in [3.63, 3.8) is 0 Å². The number of nitro benzene ring substituents is 1. The lowest BCUT2D eigenvalue weighted by Crippen LogP contribution is -2.22. The van der Waals surface area contributed by atoms with Gasteiger partial charge in [-0.1, -0.05) is 6.07 Å². The molecule has 0 amide bonds. The Hall–Kier alpha value is -2.37. The number of rotatable bonds is 4. The summed E-state index contributed by atoms with van der Waals surface area (Å²) in [6.07, 6.45) is 2.01. The van der Waals surface area contributed by atoms with Crippen molar-refractivity contribution in [2.75, 3.05) is 5.32 Å². The van der Waals surface area contributed by atoms with Gasteiger partial charge in [0.25, 0.3) is 5.69 Å². The van der Waals surface area contributed by atoms with Gasteiger partial charge in [0.05, 0.1) is 22.2 Å². The zero-order valence-electron chi connectivity index (χ0n) is 14.5. The van der Waals surface area contributed by atoms with E-state index in [1.807, 2.05) is 37.7 Å². The van der Waals surface area contributed by atoms with E-state index in [0.29, 0.717) is 5.69 Å². The molecule has 6 heteroatoms. The number of aryl methyl sites for hydroxylation is 2. The summed E-state index contributed by atoms with van der Waals surface area (Å²) < 4.78 is 1.93. The fraction of sp³-hybridized carbons (Fsp3) is 0.471. The molecule has 1 aromatic heterocycles. The average molecular weight is 316 g/mol. The summed E-state index contributed by atoms with van der Waals surface area (Å²) >= 11 is 0. The van der Waals surface area contributed by atoms with Crippen LogP contribution in [-0.4, -0.2) is 14.7 Å². The minimum absolute atomic E-state index is 0.0764. The highest BCUT2D eigenvalue weighted by Crippen LogP contribution is 2.30. The highest BCUT2D eigenvalue weighted by atomic mass is 16.6. The van der Waals surface area contributed by atoms with Crippen LogP contribution in [0, 0.1) is 24.0 Å². The van der Waals surface area contributed by atoms with E-state index in [1.165, 1.54) is 0 Å². The molecule has 6 nitrogen and oxygen atoms in total. The molecule has 0 fully saturated rings. The van der Waals surface area contributed by atoms with Crippen LogP contribution < -0.4 is 5.32 Å². The van der Waals surface area contributed by atoms with E-state index in [1.54, 1.807) is 12.1 Å². The Morgan fingerprint density at radius 1 is 1.30 bits per heavy atom. The Labute approximate surface area is 136 Å². The van der Waals surface area contributed by atoms with Crippen molar-refractivity contribution in [2.24, 2.45) is 0 Å². The number of hydrogen-bond donors (Lipinski definition) is 1. The predicted octanol–water partition coefficient (Wildman–Crippen LogP) is 4.34. The van der Waals surface area contributed by atoms with Gasteiger partial charge in [0, 0.05) is 17.8 Å². The summed E-state index contributed by atoms with van der Waals surface area (Å²) in [5.74, 6) is 0. The zero-order valence-corrected chi connectivity index (χ0v) is 14.5. The SMILES string of the molecule is Cc1ccc(NC(C)c2cn(C(C)(C)C)nc2C)c([N+](=O)[O-])c1. The van der Waals surface area contributed by atoms with Crippen LogP contribution in [0.4, 0.5) is 11.4 Å². The molecule has 0 saturated carbocycles. The number of nitrogens with one attached hydrogen (secondary N) is 1. The standard InChI is InChI=1S/C17H24N4O2/c1-11-7-8-15(16(9-11)21(22)23)18-12(2)14-10-20(17(4,5)6)19-13(14)3/h7-10,12,18H,1-6H3. The maximum atomic E-state index is 11.2. The molecule has 0 bridgehead atoms. The van der Waals surface area contributed by atoms with E-state index in [4.69, 9.17) is 0 Å². The normalized spacial score (nSPS) is 13.0. The average Bonchev–Trinajstić information content (AvgIpc) is 2.82. The van der Waals surface area contributed by atoms with Gasteiger partial charge in [-0.25, -0.2) is 0 Å². The Bertz CT molecular complexity index is 729. The van der Waals surface area contributed by atoms with Crippen molar-refractivity contribution >= 4 is 11.4 Å². The highest BCUT2D eigenvalue weighted by molar-refractivity contribution is 5.63. The van der Waals surface area contributed by atoms with Gasteiger partial charge in [-0.2, -0.15) is 5.10 Å². The van der Waals surface area contributed by atoms with E-state index in [0.717, 1.165) is 16.8 Å². The molecule has 0 saturated heterocycles. The molecular formula is C17H24N4O2. The van der Waals surface area contributed by atoms with Crippen molar-refractivity contribution in [1.82, 2.24) is 9.78 Å². The molecule has 1 aromatic carbocycles. The monoisotopic (exact) mass is 316 g/mol. The maximum absolute atomic E-state index is 11.2. The quantitative estimate of drug-likeness (QED) is 0.673. The smallest absolute Gasteiger partial charge is 0.292 e. The third-order valence-corrected chi connectivity index (χ3v) is 3.81. The summed E-state index contributed by atoms with van der Waals surface area (Å²) in [5, 5.41) is 19.0. The molecule has 0 spiro atoms. The number of anilines is 1. The van der Waals surface area contributed by atoms with Crippen LogP contribution in [0.1, 0.15) is 50.6 Å². The summed E-state index contributed by atoms with van der Waals surface area (Å²) in [6.45, 7) is 12.1. The molecule has 124 valence electrons. The second-order valence-corrected chi connectivity index (χ2v) is 6.93. The molecule has 2 aromatic rings. The minimum Gasteiger partial charge on any atom is -0.373 e. The van der Waals surface area contributed by atoms with Gasteiger partial charge in [0.2, 0.25) is 0 Å². The van der Waals surface area contributed by atoms with Gasteiger partial charge in [0.1, 0.15) is 5.69 Å². The molecule has 0 aliphatic carbocycles. The van der Waals surface area contributed by atoms with Gasteiger partial charge in [0.15, 0.2) is 0 Å². The zero-order chi connectivity index (χ0) is 17.4. The summed E-state index contributed by atoms with van der Waals surface area (Å²) in [4.78, 5) is 10.9. The van der Waals surface area contributed by atoms with E-state index < -0.39 is 0 Å². The van der Waals surface area contributed by atoms with Gasteiger partial charge in [-0.15, -0.1) is 0 Å². The molecule has 1 unspecified atom stereocenters. The minimum atomic E-state index is -0.354. The van der Waals surface area contributed by atoms with E-state index in [-0.39, 0.29) is 22.2 Å². The molecule has 1 atom stereocenters. The second kappa shape index (κ2) is 6.02. The Balaban J connectivity index is 2.32. The van der Waals surface area contributed by atoms with Crippen LogP contribution in [-0.2, 0) is 5.54 Å². The predicted molar refractivity (Wildman–Crippen MR) is 91.8 cm³/mol. The summed E-state index contributed by atoms with van der Waals surface area (Å²) in [6, 6.07) is 5.13. The van der Waals surface area contributed by atoms with Crippen LogP contribution in [0.2, 0.25) is 0 Å². The summed E-state index contributed by atoms with van der Waals surface area (Å²) in [7, 11) is 0. The number of aromatic nitrogens is 2. The van der Waals surface area contributed by atoms with Crippen LogP contribution in [0.25, 0.3) is 0 Å². The Kier molecular flexibility index (Phi) is 4.45. The molecule has 2 rings (SSSR count). The van der Waals surface area contributed by atoms with Gasteiger partial charge >= 0.3 is 0 Å². The molecule has 1 N–H and O–H groups in total. The number of hydrogen-bond acceptors (Lipinski definition) is 4. The van der Waals surface area contributed by atoms with Gasteiger partial charge < -0.3 is 5.32 Å². The Morgan fingerprint density at radius 3 is 2.48 bits per heavy atom. The van der Waals surface area contributed by atoms with Crippen molar-refractivity contribution < 1.29 is 4.92 Å².